The number of ether oxygens (including phenoxy) is 3. The Bertz CT molecular complexity index is 1970. The van der Waals surface area contributed by atoms with Crippen molar-refractivity contribution in [2.24, 2.45) is 29.7 Å². The van der Waals surface area contributed by atoms with Gasteiger partial charge in [-0.3, -0.25) is 9.69 Å². The number of esters is 1. The number of morpholine rings is 1. The molecule has 4 N–H and O–H groups in total. The summed E-state index contributed by atoms with van der Waals surface area (Å²) in [6, 6.07) is 10.4. The molecule has 13 heteroatoms. The first-order chi connectivity index (χ1) is 26.4. The minimum absolute atomic E-state index is 0.103. The zero-order valence-electron chi connectivity index (χ0n) is 32.2. The second kappa shape index (κ2) is 14.8. The fourth-order valence-corrected chi connectivity index (χ4v) is 10.3. The highest BCUT2D eigenvalue weighted by atomic mass is 16.6. The fourth-order valence-electron chi connectivity index (χ4n) is 10.3. The number of benzene rings is 1. The summed E-state index contributed by atoms with van der Waals surface area (Å²) in [6.45, 7) is 9.55. The van der Waals surface area contributed by atoms with Crippen LogP contribution in [0.2, 0.25) is 0 Å². The maximum atomic E-state index is 13.9. The van der Waals surface area contributed by atoms with E-state index in [0.717, 1.165) is 36.1 Å². The number of pyridine rings is 1. The molecule has 9 atom stereocenters. The summed E-state index contributed by atoms with van der Waals surface area (Å²) >= 11 is 0. The van der Waals surface area contributed by atoms with Gasteiger partial charge >= 0.3 is 5.97 Å². The first kappa shape index (κ1) is 37.9. The smallest absolute Gasteiger partial charge is 0.341 e. The van der Waals surface area contributed by atoms with Gasteiger partial charge in [0.1, 0.15) is 17.2 Å². The Kier molecular flexibility index (Phi) is 10.2. The second-order valence-electron chi connectivity index (χ2n) is 16.9. The number of Topliss-reactive ketones (excluding diaryl/α,β-unsaturated/α-hetero) is 1. The zero-order valence-corrected chi connectivity index (χ0v) is 32.2. The van der Waals surface area contributed by atoms with Gasteiger partial charge < -0.3 is 39.6 Å². The number of anilines is 1. The average Bonchev–Trinajstić information content (AvgIpc) is 3.77. The van der Waals surface area contributed by atoms with Crippen LogP contribution in [0.1, 0.15) is 52.0 Å². The van der Waals surface area contributed by atoms with Gasteiger partial charge in [-0.25, -0.2) is 14.8 Å². The van der Waals surface area contributed by atoms with Gasteiger partial charge in [-0.2, -0.15) is 0 Å². The number of carbonyl (C=O) groups excluding carboxylic acids is 2. The van der Waals surface area contributed by atoms with Gasteiger partial charge in [0.15, 0.2) is 5.78 Å². The van der Waals surface area contributed by atoms with E-state index in [4.69, 9.17) is 14.2 Å². The monoisotopic (exact) mass is 754 g/mol. The van der Waals surface area contributed by atoms with Crippen LogP contribution in [-0.2, 0) is 30.8 Å². The van der Waals surface area contributed by atoms with Crippen LogP contribution >= 0.6 is 0 Å². The normalized spacial score (nSPS) is 34.0. The molecule has 1 aromatic carbocycles. The summed E-state index contributed by atoms with van der Waals surface area (Å²) in [5.74, 6) is 0.493. The molecule has 2 saturated heterocycles. The first-order valence-electron chi connectivity index (χ1n) is 19.7. The summed E-state index contributed by atoms with van der Waals surface area (Å²) in [7, 11) is 1.95. The number of carbonyl (C=O) groups is 2. The van der Waals surface area contributed by atoms with Crippen molar-refractivity contribution in [2.75, 3.05) is 51.4 Å². The lowest BCUT2D eigenvalue weighted by Gasteiger charge is -2.63. The van der Waals surface area contributed by atoms with Crippen molar-refractivity contribution >= 4 is 34.7 Å². The molecule has 3 aliphatic heterocycles. The van der Waals surface area contributed by atoms with Crippen LogP contribution in [0.5, 0.6) is 0 Å². The van der Waals surface area contributed by atoms with Crippen molar-refractivity contribution in [3.8, 4) is 0 Å². The molecule has 0 radical (unpaired) electrons. The quantitative estimate of drug-likeness (QED) is 0.158. The Labute approximate surface area is 322 Å². The van der Waals surface area contributed by atoms with Gasteiger partial charge in [-0.15, -0.1) is 0 Å². The zero-order chi connectivity index (χ0) is 38.5. The predicted molar refractivity (Wildman–Crippen MR) is 207 cm³/mol. The molecule has 8 rings (SSSR count). The third-order valence-corrected chi connectivity index (χ3v) is 13.6. The summed E-state index contributed by atoms with van der Waals surface area (Å²) < 4.78 is 20.0. The molecule has 2 aromatic heterocycles. The molecule has 3 aromatic rings. The number of cyclic esters (lactones) is 1. The van der Waals surface area contributed by atoms with Crippen molar-refractivity contribution in [3.63, 3.8) is 0 Å². The van der Waals surface area contributed by atoms with Crippen LogP contribution in [0.15, 0.2) is 66.3 Å². The van der Waals surface area contributed by atoms with E-state index in [2.05, 4.69) is 32.4 Å². The fraction of sp³-hybridized carbons (Fsp3) is 0.571. The number of aliphatic hydroxyl groups is 2. The average molecular weight is 755 g/mol. The van der Waals surface area contributed by atoms with Crippen LogP contribution in [0.4, 0.5) is 5.82 Å². The molecule has 13 nitrogen and oxygen atoms in total. The summed E-state index contributed by atoms with van der Waals surface area (Å²) in [4.78, 5) is 38.7. The Balaban J connectivity index is 1.14. The minimum atomic E-state index is -0.775. The summed E-state index contributed by atoms with van der Waals surface area (Å²) in [5.41, 5.74) is 1.43. The first-order valence-corrected chi connectivity index (χ1v) is 19.7. The maximum Gasteiger partial charge on any atom is 0.341 e. The number of rotatable bonds is 12. The summed E-state index contributed by atoms with van der Waals surface area (Å²) in [5, 5.41) is 29.7. The predicted octanol–water partition coefficient (Wildman–Crippen LogP) is 3.48. The standard InChI is InChI=1S/C42H54N6O7/c1-26(33(50)22-48-13-15-53-16-14-48)45-36-21-34-40(2,11-10-37(51)41(34,3)23-49)35(42(36)24-54-42)20-30(46-38-7-5-6-12-43-38)29-19-28(55-39(29)52)17-27-8-9-32-31(18-27)44-25-47(32)4/h5-9,12,17-19,25-26,30,34-37,45,49,51H,10-11,13-16,20-24H2,1-4H3,(H,43,46)/t26?,30?,34?,35?,36?,37-,40+,41+,42?/m1/s1. The van der Waals surface area contributed by atoms with Gasteiger partial charge in [0.25, 0.3) is 0 Å². The Hall–Kier alpha value is -3.98. The molecule has 0 amide bonds. The molecule has 6 unspecified atom stereocenters. The lowest BCUT2D eigenvalue weighted by molar-refractivity contribution is -0.184. The molecule has 294 valence electrons. The Morgan fingerprint density at radius 2 is 1.96 bits per heavy atom. The number of nitrogens with one attached hydrogen (secondary N) is 2. The van der Waals surface area contributed by atoms with Crippen LogP contribution in [0, 0.1) is 22.7 Å². The van der Waals surface area contributed by atoms with Crippen LogP contribution in [-0.4, -0.2) is 117 Å². The number of hydrogen-bond acceptors (Lipinski definition) is 12. The number of epoxide rings is 1. The Morgan fingerprint density at radius 3 is 2.69 bits per heavy atom. The SMILES string of the molecule is CC(NC1CC2[C@](C)(CC[C@@H](O)[C@@]2(C)CO)C(CC(Nc2ccccn2)C2=CC(=Cc3ccc4c(c3)ncn4C)OC2=O)C12CO2)C(=O)CN1CCOCC1. The van der Waals surface area contributed by atoms with Crippen LogP contribution < -0.4 is 10.6 Å². The number of hydrogen-bond donors (Lipinski definition) is 4. The van der Waals surface area contributed by atoms with Crippen molar-refractivity contribution in [1.82, 2.24) is 24.8 Å². The summed E-state index contributed by atoms with van der Waals surface area (Å²) in [6.07, 6.45) is 8.87. The van der Waals surface area contributed by atoms with Crippen LogP contribution in [0.3, 0.4) is 0 Å². The van der Waals surface area contributed by atoms with Gasteiger partial charge in [0.05, 0.1) is 74.1 Å². The van der Waals surface area contributed by atoms with Crippen molar-refractivity contribution in [1.29, 1.82) is 0 Å². The maximum absolute atomic E-state index is 13.9. The van der Waals surface area contributed by atoms with Crippen molar-refractivity contribution < 1.29 is 34.0 Å². The van der Waals surface area contributed by atoms with E-state index in [1.54, 1.807) is 12.5 Å². The van der Waals surface area contributed by atoms with E-state index in [9.17, 15) is 19.8 Å². The lowest BCUT2D eigenvalue weighted by Crippen LogP contribution is -2.68. The molecular formula is C42H54N6O7. The van der Waals surface area contributed by atoms with Crippen molar-refractivity contribution in [3.05, 3.63) is 71.9 Å². The van der Waals surface area contributed by atoms with Crippen LogP contribution in [0.25, 0.3) is 17.1 Å². The second-order valence-corrected chi connectivity index (χ2v) is 16.9. The highest BCUT2D eigenvalue weighted by Gasteiger charge is 2.71. The molecule has 0 bridgehead atoms. The molecule has 5 heterocycles. The lowest BCUT2D eigenvalue weighted by atomic mass is 9.43. The minimum Gasteiger partial charge on any atom is -0.423 e. The number of nitrogens with zero attached hydrogens (tertiary/aromatic N) is 4. The number of aliphatic hydroxyl groups excluding tert-OH is 2. The van der Waals surface area contributed by atoms with Gasteiger partial charge in [0.2, 0.25) is 0 Å². The van der Waals surface area contributed by atoms with Gasteiger partial charge in [-0.05, 0) is 91.8 Å². The van der Waals surface area contributed by atoms with Crippen molar-refractivity contribution in [2.45, 2.75) is 76.3 Å². The van der Waals surface area contributed by atoms with E-state index in [-0.39, 0.29) is 35.7 Å². The van der Waals surface area contributed by atoms with E-state index >= 15 is 0 Å². The highest BCUT2D eigenvalue weighted by Crippen LogP contribution is 2.66. The highest BCUT2D eigenvalue weighted by molar-refractivity contribution is 5.96. The molecule has 2 saturated carbocycles. The molecule has 1 spiro atoms. The number of aromatic nitrogens is 3. The Morgan fingerprint density at radius 1 is 1.16 bits per heavy atom. The van der Waals surface area contributed by atoms with E-state index < -0.39 is 35.2 Å². The molecule has 4 fully saturated rings. The third kappa shape index (κ3) is 7.04. The van der Waals surface area contributed by atoms with Gasteiger partial charge in [0, 0.05) is 37.8 Å². The number of allylic oxidation sites excluding steroid dienone is 1. The number of imidazole rings is 1. The number of aryl methyl sites for hydroxylation is 1. The number of ketones is 1. The van der Waals surface area contributed by atoms with Gasteiger partial charge in [-0.1, -0.05) is 26.0 Å². The molecule has 2 aliphatic carbocycles. The van der Waals surface area contributed by atoms with E-state index in [1.165, 1.54) is 0 Å². The topological polar surface area (TPSA) is 164 Å². The van der Waals surface area contributed by atoms with E-state index in [1.807, 2.05) is 74.0 Å². The molecular weight excluding hydrogens is 700 g/mol. The number of fused-ring (bicyclic) bond motifs is 2. The van der Waals surface area contributed by atoms with E-state index in [0.29, 0.717) is 62.8 Å². The largest absolute Gasteiger partial charge is 0.423 e. The molecule has 55 heavy (non-hydrogen) atoms. The molecule has 5 aliphatic rings. The third-order valence-electron chi connectivity index (χ3n) is 13.6.